The van der Waals surface area contributed by atoms with E-state index in [0.29, 0.717) is 12.8 Å². The maximum atomic E-state index is 14.3. The molecule has 0 fully saturated rings. The second kappa shape index (κ2) is 12.6. The number of carbonyl (C=O) groups excluding carboxylic acids is 3. The Kier molecular flexibility index (Phi) is 11.0. The van der Waals surface area contributed by atoms with Crippen LogP contribution in [0.15, 0.2) is 18.2 Å². The van der Waals surface area contributed by atoms with Crippen molar-refractivity contribution < 1.29 is 19.1 Å². The number of amides is 3. The Bertz CT molecular complexity index is 914. The number of nitrogens with one attached hydrogen (secondary N) is 2. The van der Waals surface area contributed by atoms with Crippen LogP contribution >= 0.6 is 0 Å². The van der Waals surface area contributed by atoms with Gasteiger partial charge in [0.25, 0.3) is 0 Å². The Balaban J connectivity index is 3.65. The summed E-state index contributed by atoms with van der Waals surface area (Å²) in [5.74, 6) is -0.709. The fraction of sp³-hybridized carbons (Fsp3) is 0.690. The zero-order valence-electron chi connectivity index (χ0n) is 24.5. The molecule has 0 aliphatic rings. The Morgan fingerprint density at radius 3 is 1.97 bits per heavy atom. The van der Waals surface area contributed by atoms with Gasteiger partial charge in [-0.2, -0.15) is 0 Å². The van der Waals surface area contributed by atoms with E-state index in [-0.39, 0.29) is 23.8 Å². The van der Waals surface area contributed by atoms with E-state index in [1.807, 2.05) is 80.5 Å². The second-order valence-corrected chi connectivity index (χ2v) is 12.0. The predicted octanol–water partition coefficient (Wildman–Crippen LogP) is 5.83. The minimum atomic E-state index is -0.849. The second-order valence-electron chi connectivity index (χ2n) is 12.0. The molecule has 0 aromatic heterocycles. The van der Waals surface area contributed by atoms with Gasteiger partial charge in [-0.15, -0.1) is 0 Å². The molecule has 2 N–H and O–H groups in total. The first-order valence-corrected chi connectivity index (χ1v) is 13.1. The molecule has 0 radical (unpaired) electrons. The summed E-state index contributed by atoms with van der Waals surface area (Å²) in [5.41, 5.74) is 1.72. The summed E-state index contributed by atoms with van der Waals surface area (Å²) in [4.78, 5) is 42.4. The fourth-order valence-corrected chi connectivity index (χ4v) is 3.88. The maximum absolute atomic E-state index is 14.3. The maximum Gasteiger partial charge on any atom is 0.408 e. The summed E-state index contributed by atoms with van der Waals surface area (Å²) in [6.45, 7) is 23.0. The van der Waals surface area contributed by atoms with Crippen molar-refractivity contribution in [2.45, 2.75) is 125 Å². The normalized spacial score (nSPS) is 15.3. The SMILES string of the molecule is CCC(C)C(NC(=O)OC(C)(C)C)C(=O)N(C(C)CC)C(C(=O)NC(C)(C)C)c1ccc(C)c(C)c1. The Labute approximate surface area is 218 Å². The first kappa shape index (κ1) is 31.5. The van der Waals surface area contributed by atoms with Gasteiger partial charge >= 0.3 is 6.09 Å². The van der Waals surface area contributed by atoms with Crippen molar-refractivity contribution in [3.8, 4) is 0 Å². The van der Waals surface area contributed by atoms with Crippen LogP contribution in [0.2, 0.25) is 0 Å². The van der Waals surface area contributed by atoms with Crippen LogP contribution in [0.25, 0.3) is 0 Å². The molecule has 0 heterocycles. The minimum Gasteiger partial charge on any atom is -0.444 e. The van der Waals surface area contributed by atoms with Gasteiger partial charge < -0.3 is 20.3 Å². The van der Waals surface area contributed by atoms with Gasteiger partial charge in [0.15, 0.2) is 0 Å². The van der Waals surface area contributed by atoms with E-state index < -0.39 is 29.3 Å². The number of ether oxygens (including phenoxy) is 1. The van der Waals surface area contributed by atoms with Crippen molar-refractivity contribution >= 4 is 17.9 Å². The number of nitrogens with zero attached hydrogens (tertiary/aromatic N) is 1. The predicted molar refractivity (Wildman–Crippen MR) is 146 cm³/mol. The first-order valence-electron chi connectivity index (χ1n) is 13.1. The first-order chi connectivity index (χ1) is 16.4. The summed E-state index contributed by atoms with van der Waals surface area (Å²) in [5, 5.41) is 5.89. The standard InChI is InChI=1S/C29H49N3O4/c1-13-18(3)23(30-27(35)36-29(10,11)12)26(34)32(21(6)14-2)24(25(33)31-28(7,8)9)22-16-15-19(4)20(5)17-22/h15-18,21,23-24H,13-14H2,1-12H3,(H,30,35)(H,31,33). The van der Waals surface area contributed by atoms with Gasteiger partial charge in [0.2, 0.25) is 11.8 Å². The summed E-state index contributed by atoms with van der Waals surface area (Å²) in [7, 11) is 0. The quantitative estimate of drug-likeness (QED) is 0.444. The minimum absolute atomic E-state index is 0.164. The highest BCUT2D eigenvalue weighted by atomic mass is 16.6. The molecule has 7 heteroatoms. The molecule has 204 valence electrons. The van der Waals surface area contributed by atoms with Gasteiger partial charge in [-0.25, -0.2) is 4.79 Å². The van der Waals surface area contributed by atoms with Crippen molar-refractivity contribution in [3.63, 3.8) is 0 Å². The van der Waals surface area contributed by atoms with Gasteiger partial charge in [0, 0.05) is 11.6 Å². The third-order valence-electron chi connectivity index (χ3n) is 6.34. The highest BCUT2D eigenvalue weighted by Gasteiger charge is 2.40. The average molecular weight is 504 g/mol. The lowest BCUT2D eigenvalue weighted by Gasteiger charge is -2.40. The lowest BCUT2D eigenvalue weighted by molar-refractivity contribution is -0.146. The molecule has 0 bridgehead atoms. The van der Waals surface area contributed by atoms with E-state index in [2.05, 4.69) is 10.6 Å². The lowest BCUT2D eigenvalue weighted by atomic mass is 9.93. The molecule has 36 heavy (non-hydrogen) atoms. The van der Waals surface area contributed by atoms with Crippen molar-refractivity contribution in [1.29, 1.82) is 0 Å². The van der Waals surface area contributed by atoms with Gasteiger partial charge in [0.05, 0.1) is 0 Å². The average Bonchev–Trinajstić information content (AvgIpc) is 2.73. The van der Waals surface area contributed by atoms with E-state index in [1.165, 1.54) is 0 Å². The highest BCUT2D eigenvalue weighted by molar-refractivity contribution is 5.92. The highest BCUT2D eigenvalue weighted by Crippen LogP contribution is 2.29. The molecular weight excluding hydrogens is 454 g/mol. The molecule has 1 aromatic carbocycles. The molecule has 4 unspecified atom stereocenters. The Morgan fingerprint density at radius 1 is 0.944 bits per heavy atom. The van der Waals surface area contributed by atoms with Crippen LogP contribution in [-0.2, 0) is 14.3 Å². The van der Waals surface area contributed by atoms with Crippen LogP contribution in [0, 0.1) is 19.8 Å². The van der Waals surface area contributed by atoms with E-state index in [9.17, 15) is 14.4 Å². The van der Waals surface area contributed by atoms with Crippen LogP contribution in [0.4, 0.5) is 4.79 Å². The molecular formula is C29H49N3O4. The molecule has 0 saturated heterocycles. The van der Waals surface area contributed by atoms with Crippen molar-refractivity contribution in [1.82, 2.24) is 15.5 Å². The van der Waals surface area contributed by atoms with Gasteiger partial charge in [-0.1, -0.05) is 45.4 Å². The largest absolute Gasteiger partial charge is 0.444 e. The molecule has 0 aliphatic heterocycles. The Morgan fingerprint density at radius 2 is 1.53 bits per heavy atom. The lowest BCUT2D eigenvalue weighted by Crippen LogP contribution is -2.58. The molecule has 0 aliphatic carbocycles. The molecule has 4 atom stereocenters. The van der Waals surface area contributed by atoms with Gasteiger partial charge in [0.1, 0.15) is 17.7 Å². The van der Waals surface area contributed by atoms with Crippen molar-refractivity contribution in [2.24, 2.45) is 5.92 Å². The van der Waals surface area contributed by atoms with Crippen LogP contribution < -0.4 is 10.6 Å². The molecule has 0 saturated carbocycles. The summed E-state index contributed by atoms with van der Waals surface area (Å²) in [6.07, 6.45) is 0.672. The van der Waals surface area contributed by atoms with E-state index in [0.717, 1.165) is 16.7 Å². The van der Waals surface area contributed by atoms with Crippen molar-refractivity contribution in [2.75, 3.05) is 0 Å². The fourth-order valence-electron chi connectivity index (χ4n) is 3.88. The van der Waals surface area contributed by atoms with Gasteiger partial charge in [-0.3, -0.25) is 9.59 Å². The number of hydrogen-bond donors (Lipinski definition) is 2. The number of alkyl carbamates (subject to hydrolysis) is 1. The number of aryl methyl sites for hydroxylation is 2. The third-order valence-corrected chi connectivity index (χ3v) is 6.34. The Hall–Kier alpha value is -2.57. The number of carbonyl (C=O) groups is 3. The number of benzene rings is 1. The zero-order chi connectivity index (χ0) is 28.0. The van der Waals surface area contributed by atoms with Crippen LogP contribution in [0.1, 0.15) is 105 Å². The van der Waals surface area contributed by atoms with E-state index in [4.69, 9.17) is 4.74 Å². The van der Waals surface area contributed by atoms with Crippen LogP contribution in [0.3, 0.4) is 0 Å². The molecule has 1 rings (SSSR count). The van der Waals surface area contributed by atoms with E-state index in [1.54, 1.807) is 25.7 Å². The van der Waals surface area contributed by atoms with Gasteiger partial charge in [-0.05, 0) is 91.3 Å². The smallest absolute Gasteiger partial charge is 0.408 e. The molecule has 7 nitrogen and oxygen atoms in total. The summed E-state index contributed by atoms with van der Waals surface area (Å²) in [6, 6.07) is 3.93. The zero-order valence-corrected chi connectivity index (χ0v) is 24.5. The molecule has 1 aromatic rings. The monoisotopic (exact) mass is 503 g/mol. The number of rotatable bonds is 9. The van der Waals surface area contributed by atoms with Crippen LogP contribution in [0.5, 0.6) is 0 Å². The topological polar surface area (TPSA) is 87.7 Å². The third kappa shape index (κ3) is 9.14. The molecule has 3 amide bonds. The van der Waals surface area contributed by atoms with Crippen LogP contribution in [-0.4, -0.2) is 46.0 Å². The molecule has 0 spiro atoms. The summed E-state index contributed by atoms with van der Waals surface area (Å²) < 4.78 is 5.47. The van der Waals surface area contributed by atoms with Crippen molar-refractivity contribution in [3.05, 3.63) is 34.9 Å². The summed E-state index contributed by atoms with van der Waals surface area (Å²) >= 11 is 0. The number of hydrogen-bond acceptors (Lipinski definition) is 4. The van der Waals surface area contributed by atoms with E-state index >= 15 is 0 Å².